The first-order chi connectivity index (χ1) is 10.2. The van der Waals surface area contributed by atoms with Crippen molar-refractivity contribution in [3.8, 4) is 0 Å². The van der Waals surface area contributed by atoms with Crippen molar-refractivity contribution < 1.29 is 18.8 Å². The third kappa shape index (κ3) is 2.48. The van der Waals surface area contributed by atoms with Crippen molar-refractivity contribution in [3.63, 3.8) is 0 Å². The van der Waals surface area contributed by atoms with Gasteiger partial charge in [-0.3, -0.25) is 4.79 Å². The van der Waals surface area contributed by atoms with Crippen LogP contribution < -0.4 is 0 Å². The molecule has 0 saturated carbocycles. The van der Waals surface area contributed by atoms with Gasteiger partial charge in [0, 0.05) is 5.56 Å². The number of rotatable bonds is 4. The normalized spacial score (nSPS) is 28.9. The van der Waals surface area contributed by atoms with Crippen LogP contribution in [0.2, 0.25) is 0 Å². The lowest BCUT2D eigenvalue weighted by molar-refractivity contribution is -0.949. The van der Waals surface area contributed by atoms with Crippen LogP contribution in [0.1, 0.15) is 29.6 Å². The monoisotopic (exact) mass is 288 g/mol. The summed E-state index contributed by atoms with van der Waals surface area (Å²) in [4.78, 5) is 25.3. The molecule has 3 aliphatic rings. The molecule has 4 nitrogen and oxygen atoms in total. The lowest BCUT2D eigenvalue weighted by Gasteiger charge is -2.51. The predicted molar refractivity (Wildman–Crippen MR) is 78.8 cm³/mol. The molecule has 2 bridgehead atoms. The summed E-state index contributed by atoms with van der Waals surface area (Å²) >= 11 is 0. The second-order valence-electron chi connectivity index (χ2n) is 6.28. The van der Waals surface area contributed by atoms with E-state index in [0.717, 1.165) is 44.8 Å². The largest absolute Gasteiger partial charge is 0.464 e. The van der Waals surface area contributed by atoms with Gasteiger partial charge in [0.2, 0.25) is 5.78 Å². The van der Waals surface area contributed by atoms with Crippen LogP contribution in [0.3, 0.4) is 0 Å². The van der Waals surface area contributed by atoms with E-state index in [9.17, 15) is 9.59 Å². The third-order valence-electron chi connectivity index (χ3n) is 5.23. The van der Waals surface area contributed by atoms with Gasteiger partial charge in [0.1, 0.15) is 0 Å². The molecule has 3 saturated heterocycles. The molecule has 3 heterocycles. The van der Waals surface area contributed by atoms with Gasteiger partial charge in [-0.15, -0.1) is 0 Å². The van der Waals surface area contributed by atoms with Gasteiger partial charge in [-0.2, -0.15) is 0 Å². The molecule has 0 aliphatic carbocycles. The summed E-state index contributed by atoms with van der Waals surface area (Å²) in [5.41, 5.74) is 0.605. The number of carbonyl (C=O) groups is 2. The average molecular weight is 288 g/mol. The minimum absolute atomic E-state index is 0.0946. The maximum Gasteiger partial charge on any atom is 0.373 e. The summed E-state index contributed by atoms with van der Waals surface area (Å²) in [5, 5.41) is 0. The van der Waals surface area contributed by atoms with Crippen LogP contribution in [0.4, 0.5) is 0 Å². The fourth-order valence-electron chi connectivity index (χ4n) is 3.93. The number of Topliss-reactive ketones (excluding diaryl/α,β-unsaturated/α-hetero) is 1. The SMILES string of the molecule is COC(=O)C(C(=O)c1ccccc1)[N+]12CCC(CC1)CC2. The summed E-state index contributed by atoms with van der Waals surface area (Å²) < 4.78 is 5.57. The lowest BCUT2D eigenvalue weighted by atomic mass is 9.83. The fraction of sp³-hybridized carbons (Fsp3) is 0.529. The molecule has 3 fully saturated rings. The number of benzene rings is 1. The average Bonchev–Trinajstić information content (AvgIpc) is 2.57. The van der Waals surface area contributed by atoms with Crippen molar-refractivity contribution in [1.82, 2.24) is 0 Å². The van der Waals surface area contributed by atoms with Crippen LogP contribution in [-0.2, 0) is 9.53 Å². The van der Waals surface area contributed by atoms with E-state index < -0.39 is 6.04 Å². The molecule has 21 heavy (non-hydrogen) atoms. The molecule has 0 spiro atoms. The Morgan fingerprint density at radius 2 is 1.67 bits per heavy atom. The number of fused-ring (bicyclic) bond motifs is 3. The van der Waals surface area contributed by atoms with Crippen molar-refractivity contribution in [2.45, 2.75) is 25.3 Å². The van der Waals surface area contributed by atoms with Crippen LogP contribution in [0, 0.1) is 5.92 Å². The molecule has 1 aromatic carbocycles. The van der Waals surface area contributed by atoms with Gasteiger partial charge in [0.15, 0.2) is 0 Å². The van der Waals surface area contributed by atoms with Gasteiger partial charge >= 0.3 is 5.97 Å². The number of esters is 1. The zero-order valence-corrected chi connectivity index (χ0v) is 12.5. The highest BCUT2D eigenvalue weighted by Crippen LogP contribution is 2.36. The van der Waals surface area contributed by atoms with Crippen LogP contribution >= 0.6 is 0 Å². The molecule has 4 rings (SSSR count). The Hall–Kier alpha value is -1.68. The first-order valence-electron chi connectivity index (χ1n) is 7.69. The smallest absolute Gasteiger partial charge is 0.373 e. The van der Waals surface area contributed by atoms with E-state index >= 15 is 0 Å². The number of quaternary nitrogens is 1. The molecule has 0 aromatic heterocycles. The van der Waals surface area contributed by atoms with Crippen LogP contribution in [0.25, 0.3) is 0 Å². The van der Waals surface area contributed by atoms with Gasteiger partial charge in [0.25, 0.3) is 6.04 Å². The Morgan fingerprint density at radius 3 is 2.19 bits per heavy atom. The third-order valence-corrected chi connectivity index (χ3v) is 5.23. The Labute approximate surface area is 125 Å². The van der Waals surface area contributed by atoms with Crippen molar-refractivity contribution in [2.75, 3.05) is 26.7 Å². The number of carbonyl (C=O) groups excluding carboxylic acids is 2. The zero-order chi connectivity index (χ0) is 14.9. The van der Waals surface area contributed by atoms with Crippen LogP contribution in [-0.4, -0.2) is 49.0 Å². The van der Waals surface area contributed by atoms with Gasteiger partial charge in [-0.1, -0.05) is 30.3 Å². The Morgan fingerprint density at radius 1 is 1.10 bits per heavy atom. The topological polar surface area (TPSA) is 43.4 Å². The molecule has 1 unspecified atom stereocenters. The Bertz CT molecular complexity index is 518. The molecule has 4 heteroatoms. The fourth-order valence-corrected chi connectivity index (χ4v) is 3.93. The quantitative estimate of drug-likeness (QED) is 0.368. The second kappa shape index (κ2) is 5.60. The van der Waals surface area contributed by atoms with E-state index in [1.54, 1.807) is 12.1 Å². The molecular formula is C17H22NO3+. The summed E-state index contributed by atoms with van der Waals surface area (Å²) in [6.45, 7) is 2.76. The maximum atomic E-state index is 12.9. The van der Waals surface area contributed by atoms with Crippen LogP contribution in [0.15, 0.2) is 30.3 Å². The number of ether oxygens (including phenoxy) is 1. The molecule has 3 aliphatic heterocycles. The van der Waals surface area contributed by atoms with E-state index in [2.05, 4.69) is 0 Å². The minimum atomic E-state index is -0.696. The van der Waals surface area contributed by atoms with Crippen molar-refractivity contribution >= 4 is 11.8 Å². The molecule has 0 N–H and O–H groups in total. The summed E-state index contributed by atoms with van der Waals surface area (Å²) in [5.74, 6) is 0.308. The highest BCUT2D eigenvalue weighted by Gasteiger charge is 2.52. The molecule has 1 atom stereocenters. The standard InChI is InChI=1S/C17H22NO3/c1-21-17(20)15(16(19)14-5-3-2-4-6-14)18-10-7-13(8-11-18)9-12-18/h2-6,13,15H,7-12H2,1H3/q+1. The minimum Gasteiger partial charge on any atom is -0.464 e. The highest BCUT2D eigenvalue weighted by atomic mass is 16.5. The number of methoxy groups -OCH3 is 1. The summed E-state index contributed by atoms with van der Waals surface area (Å²) in [6, 6.07) is 8.43. The first-order valence-corrected chi connectivity index (χ1v) is 7.69. The molecule has 112 valence electrons. The van der Waals surface area contributed by atoms with Crippen molar-refractivity contribution in [3.05, 3.63) is 35.9 Å². The number of ketones is 1. The van der Waals surface area contributed by atoms with E-state index in [-0.39, 0.29) is 11.8 Å². The van der Waals surface area contributed by atoms with Crippen LogP contribution in [0.5, 0.6) is 0 Å². The highest BCUT2D eigenvalue weighted by molar-refractivity contribution is 6.11. The van der Waals surface area contributed by atoms with Gasteiger partial charge in [-0.25, -0.2) is 4.79 Å². The van der Waals surface area contributed by atoms with E-state index in [1.807, 2.05) is 18.2 Å². The first kappa shape index (κ1) is 14.3. The molecule has 0 radical (unpaired) electrons. The van der Waals surface area contributed by atoms with E-state index in [4.69, 9.17) is 4.74 Å². The van der Waals surface area contributed by atoms with Gasteiger partial charge in [-0.05, 0) is 25.2 Å². The van der Waals surface area contributed by atoms with Crippen molar-refractivity contribution in [2.24, 2.45) is 5.92 Å². The number of nitrogens with zero attached hydrogens (tertiary/aromatic N) is 1. The lowest BCUT2D eigenvalue weighted by Crippen LogP contribution is -2.68. The second-order valence-corrected chi connectivity index (χ2v) is 6.28. The number of hydrogen-bond donors (Lipinski definition) is 0. The molecule has 1 aromatic rings. The summed E-state index contributed by atoms with van der Waals surface area (Å²) in [6.07, 6.45) is 3.36. The molecule has 0 amide bonds. The zero-order valence-electron chi connectivity index (χ0n) is 12.5. The summed E-state index contributed by atoms with van der Waals surface area (Å²) in [7, 11) is 1.38. The number of hydrogen-bond acceptors (Lipinski definition) is 3. The maximum absolute atomic E-state index is 12.9. The van der Waals surface area contributed by atoms with E-state index in [0.29, 0.717) is 10.0 Å². The predicted octanol–water partition coefficient (Wildman–Crippen LogP) is 2.04. The Kier molecular flexibility index (Phi) is 3.81. The van der Waals surface area contributed by atoms with Gasteiger partial charge in [0.05, 0.1) is 26.7 Å². The van der Waals surface area contributed by atoms with Gasteiger partial charge < -0.3 is 9.22 Å². The Balaban J connectivity index is 1.95. The van der Waals surface area contributed by atoms with E-state index in [1.165, 1.54) is 7.11 Å². The molecular weight excluding hydrogens is 266 g/mol. The number of piperidine rings is 3. The van der Waals surface area contributed by atoms with Crippen molar-refractivity contribution in [1.29, 1.82) is 0 Å².